The highest BCUT2D eigenvalue weighted by Gasteiger charge is 2.34. The van der Waals surface area contributed by atoms with Gasteiger partial charge in [-0.15, -0.1) is 0 Å². The molecule has 0 spiro atoms. The lowest BCUT2D eigenvalue weighted by atomic mass is 9.91. The minimum absolute atomic E-state index is 0.00762. The quantitative estimate of drug-likeness (QED) is 0.718. The Kier molecular flexibility index (Phi) is 6.83. The van der Waals surface area contributed by atoms with Crippen molar-refractivity contribution in [3.05, 3.63) is 0 Å². The number of amides is 2. The van der Waals surface area contributed by atoms with Crippen LogP contribution in [0, 0.1) is 5.92 Å². The maximum Gasteiger partial charge on any atom is 0.328 e. The zero-order valence-corrected chi connectivity index (χ0v) is 13.6. The second kappa shape index (κ2) is 8.86. The van der Waals surface area contributed by atoms with Crippen molar-refractivity contribution in [2.75, 3.05) is 19.8 Å². The largest absolute Gasteiger partial charge is 0.464 e. The molecule has 2 fully saturated rings. The highest BCUT2D eigenvalue weighted by molar-refractivity contribution is 5.91. The van der Waals surface area contributed by atoms with Crippen LogP contribution in [0.5, 0.6) is 0 Å². The molecule has 2 aliphatic rings. The van der Waals surface area contributed by atoms with Gasteiger partial charge >= 0.3 is 5.97 Å². The Hall–Kier alpha value is -1.63. The van der Waals surface area contributed by atoms with Gasteiger partial charge in [-0.05, 0) is 38.5 Å². The molecule has 0 unspecified atom stereocenters. The molecule has 0 aromatic carbocycles. The van der Waals surface area contributed by atoms with Crippen molar-refractivity contribution >= 4 is 17.8 Å². The van der Waals surface area contributed by atoms with Crippen molar-refractivity contribution in [2.24, 2.45) is 5.92 Å². The summed E-state index contributed by atoms with van der Waals surface area (Å²) in [4.78, 5) is 36.3. The summed E-state index contributed by atoms with van der Waals surface area (Å²) in [6, 6.07) is -1.24. The number of carbonyl (C=O) groups is 3. The van der Waals surface area contributed by atoms with Crippen LogP contribution in [0.3, 0.4) is 0 Å². The third-order valence-corrected chi connectivity index (χ3v) is 4.37. The normalized spacial score (nSPS) is 24.2. The van der Waals surface area contributed by atoms with E-state index in [0.29, 0.717) is 38.9 Å². The van der Waals surface area contributed by atoms with Gasteiger partial charge in [0.05, 0.1) is 6.61 Å². The second-order valence-corrected chi connectivity index (χ2v) is 6.05. The first kappa shape index (κ1) is 17.7. The molecule has 2 aliphatic heterocycles. The summed E-state index contributed by atoms with van der Waals surface area (Å²) >= 11 is 0. The van der Waals surface area contributed by atoms with Gasteiger partial charge in [-0.1, -0.05) is 6.42 Å². The summed E-state index contributed by atoms with van der Waals surface area (Å²) in [5.41, 5.74) is 0. The third-order valence-electron chi connectivity index (χ3n) is 4.37. The molecule has 7 heteroatoms. The second-order valence-electron chi connectivity index (χ2n) is 6.05. The van der Waals surface area contributed by atoms with Crippen molar-refractivity contribution < 1.29 is 23.9 Å². The Balaban J connectivity index is 2.01. The molecule has 0 saturated carbocycles. The molecule has 2 saturated heterocycles. The maximum atomic E-state index is 12.5. The Morgan fingerprint density at radius 2 is 2.04 bits per heavy atom. The number of rotatable bonds is 5. The van der Waals surface area contributed by atoms with Crippen LogP contribution >= 0.6 is 0 Å². The summed E-state index contributed by atoms with van der Waals surface area (Å²) in [6.07, 6.45) is 4.07. The van der Waals surface area contributed by atoms with E-state index in [2.05, 4.69) is 10.6 Å². The molecule has 2 heterocycles. The first-order chi connectivity index (χ1) is 11.1. The Labute approximate surface area is 136 Å². The van der Waals surface area contributed by atoms with Crippen LogP contribution in [-0.4, -0.2) is 49.7 Å². The van der Waals surface area contributed by atoms with Crippen LogP contribution < -0.4 is 10.6 Å². The number of ether oxygens (including phenoxy) is 2. The van der Waals surface area contributed by atoms with E-state index < -0.39 is 18.1 Å². The summed E-state index contributed by atoms with van der Waals surface area (Å²) < 4.78 is 10.4. The lowest BCUT2D eigenvalue weighted by molar-refractivity contribution is -0.150. The monoisotopic (exact) mass is 326 g/mol. The predicted molar refractivity (Wildman–Crippen MR) is 82.5 cm³/mol. The fraction of sp³-hybridized carbons (Fsp3) is 0.812. The van der Waals surface area contributed by atoms with Crippen molar-refractivity contribution in [1.29, 1.82) is 0 Å². The smallest absolute Gasteiger partial charge is 0.328 e. The molecule has 0 bridgehead atoms. The molecule has 23 heavy (non-hydrogen) atoms. The van der Waals surface area contributed by atoms with Crippen molar-refractivity contribution in [3.8, 4) is 0 Å². The molecule has 130 valence electrons. The average molecular weight is 326 g/mol. The van der Waals surface area contributed by atoms with Crippen LogP contribution in [0.25, 0.3) is 0 Å². The lowest BCUT2D eigenvalue weighted by Gasteiger charge is -2.30. The van der Waals surface area contributed by atoms with E-state index in [9.17, 15) is 14.4 Å². The van der Waals surface area contributed by atoms with Gasteiger partial charge < -0.3 is 20.1 Å². The number of hydrogen-bond acceptors (Lipinski definition) is 5. The SMILES string of the molecule is CCOC(=O)[C@H](NC(=O)[C@H]1CCCCC(=O)N1)C1CCOCC1. The summed E-state index contributed by atoms with van der Waals surface area (Å²) in [7, 11) is 0. The molecular weight excluding hydrogens is 300 g/mol. The number of hydrogen-bond donors (Lipinski definition) is 2. The number of esters is 1. The van der Waals surface area contributed by atoms with Gasteiger partial charge in [-0.2, -0.15) is 0 Å². The zero-order chi connectivity index (χ0) is 16.7. The molecule has 7 nitrogen and oxygen atoms in total. The van der Waals surface area contributed by atoms with E-state index in [4.69, 9.17) is 9.47 Å². The van der Waals surface area contributed by atoms with Crippen molar-refractivity contribution in [3.63, 3.8) is 0 Å². The van der Waals surface area contributed by atoms with Crippen LogP contribution in [0.4, 0.5) is 0 Å². The van der Waals surface area contributed by atoms with Crippen LogP contribution in [-0.2, 0) is 23.9 Å². The zero-order valence-electron chi connectivity index (χ0n) is 13.6. The molecule has 2 amide bonds. The molecule has 0 aromatic rings. The van der Waals surface area contributed by atoms with Gasteiger partial charge in [-0.25, -0.2) is 4.79 Å². The van der Waals surface area contributed by atoms with E-state index >= 15 is 0 Å². The van der Waals surface area contributed by atoms with Gasteiger partial charge in [0.2, 0.25) is 11.8 Å². The van der Waals surface area contributed by atoms with Crippen molar-refractivity contribution in [1.82, 2.24) is 10.6 Å². The number of carbonyl (C=O) groups excluding carboxylic acids is 3. The predicted octanol–water partition coefficient (Wildman–Crippen LogP) is 0.520. The van der Waals surface area contributed by atoms with E-state index in [-0.39, 0.29) is 24.3 Å². The summed E-state index contributed by atoms with van der Waals surface area (Å²) in [5.74, 6) is -0.813. The fourth-order valence-corrected chi connectivity index (χ4v) is 3.07. The maximum absolute atomic E-state index is 12.5. The Bertz CT molecular complexity index is 434. The van der Waals surface area contributed by atoms with Gasteiger partial charge in [0.1, 0.15) is 12.1 Å². The molecule has 0 radical (unpaired) electrons. The minimum Gasteiger partial charge on any atom is -0.464 e. The molecule has 0 aliphatic carbocycles. The number of nitrogens with one attached hydrogen (secondary N) is 2. The average Bonchev–Trinajstić information content (AvgIpc) is 2.78. The lowest BCUT2D eigenvalue weighted by Crippen LogP contribution is -2.54. The van der Waals surface area contributed by atoms with E-state index in [1.165, 1.54) is 0 Å². The minimum atomic E-state index is -0.675. The molecule has 0 aromatic heterocycles. The molecular formula is C16H26N2O5. The third kappa shape index (κ3) is 5.20. The molecule has 2 N–H and O–H groups in total. The first-order valence-corrected chi connectivity index (χ1v) is 8.46. The fourth-order valence-electron chi connectivity index (χ4n) is 3.07. The highest BCUT2D eigenvalue weighted by atomic mass is 16.5. The molecule has 2 atom stereocenters. The van der Waals surface area contributed by atoms with Crippen LogP contribution in [0.15, 0.2) is 0 Å². The van der Waals surface area contributed by atoms with E-state index in [0.717, 1.165) is 12.8 Å². The van der Waals surface area contributed by atoms with Crippen LogP contribution in [0.1, 0.15) is 45.4 Å². The standard InChI is InChI=1S/C16H26N2O5/c1-2-23-16(21)14(11-7-9-22-10-8-11)18-15(20)12-5-3-4-6-13(19)17-12/h11-12,14H,2-10H2,1H3,(H,17,19)(H,18,20)/t12-,14-/m1/s1. The Morgan fingerprint density at radius 1 is 1.30 bits per heavy atom. The van der Waals surface area contributed by atoms with E-state index in [1.54, 1.807) is 6.92 Å². The highest BCUT2D eigenvalue weighted by Crippen LogP contribution is 2.20. The van der Waals surface area contributed by atoms with Crippen molar-refractivity contribution in [2.45, 2.75) is 57.5 Å². The van der Waals surface area contributed by atoms with Gasteiger partial charge in [0.25, 0.3) is 0 Å². The summed E-state index contributed by atoms with van der Waals surface area (Å²) in [5, 5.41) is 5.54. The van der Waals surface area contributed by atoms with Gasteiger partial charge in [-0.3, -0.25) is 9.59 Å². The first-order valence-electron chi connectivity index (χ1n) is 8.46. The van der Waals surface area contributed by atoms with Crippen LogP contribution in [0.2, 0.25) is 0 Å². The summed E-state index contributed by atoms with van der Waals surface area (Å²) in [6.45, 7) is 3.17. The Morgan fingerprint density at radius 3 is 2.74 bits per heavy atom. The van der Waals surface area contributed by atoms with Gasteiger partial charge in [0.15, 0.2) is 0 Å². The molecule has 2 rings (SSSR count). The van der Waals surface area contributed by atoms with E-state index in [1.807, 2.05) is 0 Å². The topological polar surface area (TPSA) is 93.7 Å². The van der Waals surface area contributed by atoms with Gasteiger partial charge in [0, 0.05) is 19.6 Å².